The number of para-hydroxylation sites is 1. The van der Waals surface area contributed by atoms with Gasteiger partial charge in [-0.1, -0.05) is 36.0 Å². The lowest BCUT2D eigenvalue weighted by Crippen LogP contribution is -2.11. The molecule has 0 aliphatic heterocycles. The number of rotatable bonds is 8. The highest BCUT2D eigenvalue weighted by Gasteiger charge is 2.10. The lowest BCUT2D eigenvalue weighted by molar-refractivity contribution is 0.408. The second kappa shape index (κ2) is 9.13. The smallest absolute Gasteiger partial charge is 0.277 e. The fourth-order valence-corrected chi connectivity index (χ4v) is 3.92. The summed E-state index contributed by atoms with van der Waals surface area (Å²) >= 11 is 1.36. The van der Waals surface area contributed by atoms with Gasteiger partial charge in [0.15, 0.2) is 0 Å². The number of thioether (sulfide) groups is 1. The van der Waals surface area contributed by atoms with Crippen molar-refractivity contribution < 1.29 is 9.15 Å². The zero-order valence-electron chi connectivity index (χ0n) is 16.8. The number of H-pyrrole nitrogens is 1. The van der Waals surface area contributed by atoms with Crippen LogP contribution in [0.3, 0.4) is 0 Å². The van der Waals surface area contributed by atoms with Crippen LogP contribution in [0.25, 0.3) is 10.9 Å². The van der Waals surface area contributed by atoms with E-state index in [1.807, 2.05) is 31.2 Å². The molecule has 2 heterocycles. The van der Waals surface area contributed by atoms with Crippen molar-refractivity contribution in [1.29, 1.82) is 0 Å². The van der Waals surface area contributed by atoms with Crippen LogP contribution in [-0.2, 0) is 18.6 Å². The van der Waals surface area contributed by atoms with Crippen LogP contribution < -0.4 is 10.3 Å². The quantitative estimate of drug-likeness (QED) is 0.427. The summed E-state index contributed by atoms with van der Waals surface area (Å²) in [5, 5.41) is 9.27. The van der Waals surface area contributed by atoms with Gasteiger partial charge in [0.05, 0.1) is 23.8 Å². The number of aryl methyl sites for hydroxylation is 3. The highest BCUT2D eigenvalue weighted by Crippen LogP contribution is 2.22. The molecule has 2 aromatic carbocycles. The molecular formula is C22H22N4O3S. The zero-order chi connectivity index (χ0) is 20.9. The average Bonchev–Trinajstić information content (AvgIpc) is 3.20. The monoisotopic (exact) mass is 422 g/mol. The first-order valence-corrected chi connectivity index (χ1v) is 10.7. The van der Waals surface area contributed by atoms with Crippen LogP contribution in [0, 0.1) is 6.92 Å². The van der Waals surface area contributed by atoms with Crippen LogP contribution in [0.15, 0.2) is 56.9 Å². The molecule has 0 aliphatic rings. The lowest BCUT2D eigenvalue weighted by atomic mass is 10.1. The Balaban J connectivity index is 1.31. The summed E-state index contributed by atoms with van der Waals surface area (Å²) in [6.45, 7) is 2.04. The summed E-state index contributed by atoms with van der Waals surface area (Å²) in [5.41, 5.74) is 2.92. The van der Waals surface area contributed by atoms with Crippen LogP contribution in [0.4, 0.5) is 0 Å². The van der Waals surface area contributed by atoms with E-state index in [1.54, 1.807) is 13.2 Å². The van der Waals surface area contributed by atoms with Gasteiger partial charge in [0.25, 0.3) is 10.8 Å². The fraction of sp³-hybridized carbons (Fsp3) is 0.273. The molecular weight excluding hydrogens is 400 g/mol. The summed E-state index contributed by atoms with van der Waals surface area (Å²) < 4.78 is 11.0. The Hall–Kier alpha value is -3.13. The number of ether oxygens (including phenoxy) is 1. The van der Waals surface area contributed by atoms with Crippen molar-refractivity contribution in [3.8, 4) is 5.75 Å². The van der Waals surface area contributed by atoms with Gasteiger partial charge in [0.2, 0.25) is 5.89 Å². The van der Waals surface area contributed by atoms with Crippen molar-refractivity contribution in [1.82, 2.24) is 20.2 Å². The van der Waals surface area contributed by atoms with E-state index >= 15 is 0 Å². The number of aromatic amines is 1. The standard InChI is InChI=1S/C22H22N4O3S/c1-14-12-15(10-11-18(14)28-2)6-5-9-20-25-26-22(29-20)30-13-19-23-17-8-4-3-7-16(17)21(27)24-19/h3-4,7-8,10-12H,5-6,9,13H2,1-2H3,(H,23,24,27). The normalized spacial score (nSPS) is 11.1. The third-order valence-electron chi connectivity index (χ3n) is 4.76. The molecule has 154 valence electrons. The topological polar surface area (TPSA) is 93.9 Å². The second-order valence-electron chi connectivity index (χ2n) is 6.94. The molecule has 0 radical (unpaired) electrons. The van der Waals surface area contributed by atoms with E-state index in [9.17, 15) is 4.79 Å². The van der Waals surface area contributed by atoms with E-state index in [-0.39, 0.29) is 5.56 Å². The Labute approximate surface area is 177 Å². The largest absolute Gasteiger partial charge is 0.496 e. The summed E-state index contributed by atoms with van der Waals surface area (Å²) in [4.78, 5) is 19.4. The molecule has 0 bridgehead atoms. The summed E-state index contributed by atoms with van der Waals surface area (Å²) in [7, 11) is 1.68. The zero-order valence-corrected chi connectivity index (χ0v) is 17.7. The van der Waals surface area contributed by atoms with Crippen LogP contribution in [0.1, 0.15) is 29.3 Å². The average molecular weight is 423 g/mol. The number of benzene rings is 2. The lowest BCUT2D eigenvalue weighted by Gasteiger charge is -2.06. The molecule has 4 rings (SSSR count). The molecule has 7 nitrogen and oxygen atoms in total. The first kappa shape index (κ1) is 20.2. The van der Waals surface area contributed by atoms with E-state index < -0.39 is 0 Å². The van der Waals surface area contributed by atoms with Gasteiger partial charge < -0.3 is 14.1 Å². The molecule has 30 heavy (non-hydrogen) atoms. The van der Waals surface area contributed by atoms with Crippen molar-refractivity contribution in [2.45, 2.75) is 37.2 Å². The van der Waals surface area contributed by atoms with E-state index in [0.29, 0.717) is 40.0 Å². The minimum absolute atomic E-state index is 0.142. The van der Waals surface area contributed by atoms with Crippen molar-refractivity contribution in [3.63, 3.8) is 0 Å². The van der Waals surface area contributed by atoms with Gasteiger partial charge in [-0.05, 0) is 49.1 Å². The molecule has 2 aromatic heterocycles. The summed E-state index contributed by atoms with van der Waals surface area (Å²) in [5.74, 6) is 2.55. The molecule has 0 unspecified atom stereocenters. The number of fused-ring (bicyclic) bond motifs is 1. The van der Waals surface area contributed by atoms with Crippen LogP contribution in [0.2, 0.25) is 0 Å². The molecule has 0 spiro atoms. The Morgan fingerprint density at radius 1 is 1.13 bits per heavy atom. The maximum Gasteiger partial charge on any atom is 0.277 e. The van der Waals surface area contributed by atoms with Gasteiger partial charge in [-0.3, -0.25) is 4.79 Å². The highest BCUT2D eigenvalue weighted by atomic mass is 32.2. The van der Waals surface area contributed by atoms with Crippen molar-refractivity contribution in [2.75, 3.05) is 7.11 Å². The Bertz CT molecular complexity index is 1220. The molecule has 0 amide bonds. The Morgan fingerprint density at radius 2 is 2.00 bits per heavy atom. The minimum atomic E-state index is -0.142. The molecule has 0 saturated carbocycles. The van der Waals surface area contributed by atoms with Crippen molar-refractivity contribution >= 4 is 22.7 Å². The first-order valence-electron chi connectivity index (χ1n) is 9.69. The van der Waals surface area contributed by atoms with Gasteiger partial charge in [-0.25, -0.2) is 4.98 Å². The number of aromatic nitrogens is 4. The number of nitrogens with zero attached hydrogens (tertiary/aromatic N) is 3. The molecule has 0 atom stereocenters. The second-order valence-corrected chi connectivity index (χ2v) is 7.86. The number of hydrogen-bond donors (Lipinski definition) is 1. The summed E-state index contributed by atoms with van der Waals surface area (Å²) in [6, 6.07) is 13.5. The predicted molar refractivity (Wildman–Crippen MR) is 116 cm³/mol. The maximum atomic E-state index is 12.1. The van der Waals surface area contributed by atoms with Gasteiger partial charge in [-0.2, -0.15) is 0 Å². The maximum absolute atomic E-state index is 12.1. The van der Waals surface area contributed by atoms with E-state index in [0.717, 1.165) is 24.2 Å². The Morgan fingerprint density at radius 3 is 2.83 bits per heavy atom. The summed E-state index contributed by atoms with van der Waals surface area (Å²) in [6.07, 6.45) is 2.55. The fourth-order valence-electron chi connectivity index (χ4n) is 3.27. The number of hydrogen-bond acceptors (Lipinski definition) is 7. The van der Waals surface area contributed by atoms with E-state index in [4.69, 9.17) is 9.15 Å². The molecule has 4 aromatic rings. The van der Waals surface area contributed by atoms with Gasteiger partial charge in [0, 0.05) is 6.42 Å². The third-order valence-corrected chi connectivity index (χ3v) is 5.59. The molecule has 0 aliphatic carbocycles. The van der Waals surface area contributed by atoms with Crippen LogP contribution >= 0.6 is 11.8 Å². The molecule has 8 heteroatoms. The predicted octanol–water partition coefficient (Wildman–Crippen LogP) is 4.09. The van der Waals surface area contributed by atoms with Gasteiger partial charge in [0.1, 0.15) is 11.6 Å². The molecule has 1 N–H and O–H groups in total. The third kappa shape index (κ3) is 4.71. The number of nitrogens with one attached hydrogen (secondary N) is 1. The highest BCUT2D eigenvalue weighted by molar-refractivity contribution is 7.98. The van der Waals surface area contributed by atoms with E-state index in [2.05, 4.69) is 32.3 Å². The molecule has 0 saturated heterocycles. The Kier molecular flexibility index (Phi) is 6.13. The van der Waals surface area contributed by atoms with Crippen LogP contribution in [0.5, 0.6) is 5.75 Å². The van der Waals surface area contributed by atoms with Crippen molar-refractivity contribution in [2.24, 2.45) is 0 Å². The number of methoxy groups -OCH3 is 1. The van der Waals surface area contributed by atoms with Gasteiger partial charge in [-0.15, -0.1) is 10.2 Å². The first-order chi connectivity index (χ1) is 14.6. The SMILES string of the molecule is COc1ccc(CCCc2nnc(SCc3nc4ccccc4c(=O)[nH]3)o2)cc1C. The van der Waals surface area contributed by atoms with Crippen molar-refractivity contribution in [3.05, 3.63) is 75.7 Å². The van der Waals surface area contributed by atoms with Crippen LogP contribution in [-0.4, -0.2) is 27.3 Å². The molecule has 0 fully saturated rings. The van der Waals surface area contributed by atoms with E-state index in [1.165, 1.54) is 17.3 Å². The van der Waals surface area contributed by atoms with Gasteiger partial charge >= 0.3 is 0 Å². The minimum Gasteiger partial charge on any atom is -0.496 e.